The normalized spacial score (nSPS) is 12.7. The molecule has 0 aromatic heterocycles. The summed E-state index contributed by atoms with van der Waals surface area (Å²) in [5, 5.41) is 0. The van der Waals surface area contributed by atoms with Crippen LogP contribution >= 0.6 is 0 Å². The number of carbonyl (C=O) groups is 2. The smallest absolute Gasteiger partial charge is 0.339 e. The van der Waals surface area contributed by atoms with E-state index >= 15 is 0 Å². The van der Waals surface area contributed by atoms with E-state index in [1.165, 1.54) is 64.2 Å². The maximum atomic E-state index is 12.4. The molecule has 5 nitrogen and oxygen atoms in total. The molecule has 0 aliphatic carbocycles. The van der Waals surface area contributed by atoms with Crippen molar-refractivity contribution < 1.29 is 23.8 Å². The molecule has 0 atom stereocenters. The van der Waals surface area contributed by atoms with E-state index in [0.29, 0.717) is 24.3 Å². The molecule has 1 aromatic carbocycles. The van der Waals surface area contributed by atoms with Gasteiger partial charge in [0.15, 0.2) is 0 Å². The number of hydrogen-bond acceptors (Lipinski definition) is 5. The fourth-order valence-corrected chi connectivity index (χ4v) is 3.60. The number of benzene rings is 1. The van der Waals surface area contributed by atoms with E-state index in [1.54, 1.807) is 24.3 Å². The van der Waals surface area contributed by atoms with Gasteiger partial charge in [-0.2, -0.15) is 0 Å². The zero-order valence-corrected chi connectivity index (χ0v) is 21.1. The average molecular weight is 463 g/mol. The van der Waals surface area contributed by atoms with Crippen molar-refractivity contribution in [3.8, 4) is 0 Å². The van der Waals surface area contributed by atoms with Crippen LogP contribution < -0.4 is 0 Å². The average Bonchev–Trinajstić information content (AvgIpc) is 3.43. The number of rotatable bonds is 16. The van der Waals surface area contributed by atoms with Crippen LogP contribution in [-0.4, -0.2) is 38.4 Å². The molecule has 5 heteroatoms. The molecule has 0 amide bonds. The molecule has 1 heterocycles. The van der Waals surface area contributed by atoms with E-state index in [1.807, 2.05) is 0 Å². The van der Waals surface area contributed by atoms with Crippen molar-refractivity contribution in [2.75, 3.05) is 26.4 Å². The Morgan fingerprint density at radius 2 is 1.06 bits per heavy atom. The molecule has 33 heavy (non-hydrogen) atoms. The van der Waals surface area contributed by atoms with Gasteiger partial charge in [-0.1, -0.05) is 90.2 Å². The van der Waals surface area contributed by atoms with E-state index in [0.717, 1.165) is 38.9 Å². The molecule has 0 N–H and O–H groups in total. The van der Waals surface area contributed by atoms with Gasteiger partial charge in [-0.3, -0.25) is 0 Å². The molecule has 1 aliphatic rings. The van der Waals surface area contributed by atoms with Gasteiger partial charge in [0.05, 0.1) is 24.3 Å². The lowest BCUT2D eigenvalue weighted by Crippen LogP contribution is -2.15. The highest BCUT2D eigenvalue weighted by molar-refractivity contribution is 6.03. The minimum atomic E-state index is -0.444. The van der Waals surface area contributed by atoms with E-state index < -0.39 is 11.9 Å². The Kier molecular flexibility index (Phi) is 18.3. The second-order valence-corrected chi connectivity index (χ2v) is 8.67. The van der Waals surface area contributed by atoms with Crippen LogP contribution in [0.25, 0.3) is 0 Å². The molecule has 1 aromatic rings. The van der Waals surface area contributed by atoms with Crippen LogP contribution in [0.5, 0.6) is 0 Å². The Bertz CT molecular complexity index is 568. The maximum Gasteiger partial charge on any atom is 0.339 e. The first-order valence-electron chi connectivity index (χ1n) is 13.2. The molecule has 1 fully saturated rings. The van der Waals surface area contributed by atoms with E-state index in [4.69, 9.17) is 14.2 Å². The van der Waals surface area contributed by atoms with Crippen LogP contribution in [-0.2, 0) is 14.2 Å². The summed E-state index contributed by atoms with van der Waals surface area (Å²) in [6.45, 7) is 7.17. The third-order valence-electron chi connectivity index (χ3n) is 5.66. The Morgan fingerprint density at radius 1 is 0.667 bits per heavy atom. The quantitative estimate of drug-likeness (QED) is 0.188. The lowest BCUT2D eigenvalue weighted by Gasteiger charge is -2.10. The molecule has 0 unspecified atom stereocenters. The first-order chi connectivity index (χ1) is 16.2. The van der Waals surface area contributed by atoms with Crippen molar-refractivity contribution in [2.24, 2.45) is 0 Å². The minimum absolute atomic E-state index is 0.293. The summed E-state index contributed by atoms with van der Waals surface area (Å²) < 4.78 is 15.7. The van der Waals surface area contributed by atoms with E-state index in [9.17, 15) is 9.59 Å². The highest BCUT2D eigenvalue weighted by Gasteiger charge is 2.18. The van der Waals surface area contributed by atoms with Gasteiger partial charge in [-0.15, -0.1) is 0 Å². The van der Waals surface area contributed by atoms with Crippen LogP contribution in [0.4, 0.5) is 0 Å². The van der Waals surface area contributed by atoms with Gasteiger partial charge >= 0.3 is 11.9 Å². The van der Waals surface area contributed by atoms with Gasteiger partial charge in [-0.05, 0) is 37.8 Å². The molecule has 1 aliphatic heterocycles. The summed E-state index contributed by atoms with van der Waals surface area (Å²) in [5.41, 5.74) is 0.586. The predicted octanol–water partition coefficient (Wildman–Crippen LogP) is 7.52. The van der Waals surface area contributed by atoms with Crippen molar-refractivity contribution in [3.05, 3.63) is 35.4 Å². The summed E-state index contributed by atoms with van der Waals surface area (Å²) in [6.07, 6.45) is 16.2. The highest BCUT2D eigenvalue weighted by atomic mass is 16.5. The molecular formula is C28H46O5. The minimum Gasteiger partial charge on any atom is -0.462 e. The summed E-state index contributed by atoms with van der Waals surface area (Å²) in [4.78, 5) is 24.7. The Balaban J connectivity index is 0.000000953. The first-order valence-corrected chi connectivity index (χ1v) is 13.2. The molecular weight excluding hydrogens is 416 g/mol. The highest BCUT2D eigenvalue weighted by Crippen LogP contribution is 2.14. The van der Waals surface area contributed by atoms with Crippen LogP contribution in [0.1, 0.15) is 124 Å². The van der Waals surface area contributed by atoms with Gasteiger partial charge in [0.1, 0.15) is 0 Å². The van der Waals surface area contributed by atoms with Crippen molar-refractivity contribution in [2.45, 2.75) is 104 Å². The van der Waals surface area contributed by atoms with Gasteiger partial charge in [0, 0.05) is 13.2 Å². The van der Waals surface area contributed by atoms with Gasteiger partial charge < -0.3 is 14.2 Å². The molecule has 0 radical (unpaired) electrons. The van der Waals surface area contributed by atoms with Crippen molar-refractivity contribution in [1.29, 1.82) is 0 Å². The standard InChI is InChI=1S/C24H38O4.C4H8O/c1-3-5-7-9-11-15-19-27-23(25)21-17-13-14-18-22(21)24(26)28-20-16-12-10-8-6-4-2;1-2-4-5-3-1/h13-14,17-18H,3-12,15-16,19-20H2,1-2H3;1-4H2. The Hall–Kier alpha value is -1.88. The molecule has 0 saturated carbocycles. The zero-order chi connectivity index (χ0) is 24.0. The lowest BCUT2D eigenvalue weighted by atomic mass is 10.1. The number of esters is 2. The SMILES string of the molecule is C1CCOC1.CCCCCCCCOC(=O)c1ccccc1C(=O)OCCCCCCCC. The summed E-state index contributed by atoms with van der Waals surface area (Å²) in [5.74, 6) is -0.888. The number of ether oxygens (including phenoxy) is 3. The third kappa shape index (κ3) is 14.8. The van der Waals surface area contributed by atoms with Gasteiger partial charge in [-0.25, -0.2) is 9.59 Å². The van der Waals surface area contributed by atoms with Crippen LogP contribution in [0.15, 0.2) is 24.3 Å². The number of hydrogen-bond donors (Lipinski definition) is 0. The van der Waals surface area contributed by atoms with E-state index in [2.05, 4.69) is 13.8 Å². The maximum absolute atomic E-state index is 12.4. The molecule has 1 saturated heterocycles. The second-order valence-electron chi connectivity index (χ2n) is 8.67. The Morgan fingerprint density at radius 3 is 1.42 bits per heavy atom. The first kappa shape index (κ1) is 29.2. The molecule has 0 spiro atoms. The number of unbranched alkanes of at least 4 members (excludes halogenated alkanes) is 10. The fourth-order valence-electron chi connectivity index (χ4n) is 3.60. The summed E-state index contributed by atoms with van der Waals surface area (Å²) >= 11 is 0. The van der Waals surface area contributed by atoms with Gasteiger partial charge in [0.2, 0.25) is 0 Å². The second kappa shape index (κ2) is 20.7. The fraction of sp³-hybridized carbons (Fsp3) is 0.714. The van der Waals surface area contributed by atoms with E-state index in [-0.39, 0.29) is 0 Å². The van der Waals surface area contributed by atoms with Crippen molar-refractivity contribution >= 4 is 11.9 Å². The third-order valence-corrected chi connectivity index (χ3v) is 5.66. The lowest BCUT2D eigenvalue weighted by molar-refractivity contribution is 0.0450. The number of carbonyl (C=O) groups excluding carboxylic acids is 2. The molecule has 188 valence electrons. The van der Waals surface area contributed by atoms with Crippen LogP contribution in [0, 0.1) is 0 Å². The largest absolute Gasteiger partial charge is 0.462 e. The summed E-state index contributed by atoms with van der Waals surface area (Å²) in [7, 11) is 0. The zero-order valence-electron chi connectivity index (χ0n) is 21.1. The predicted molar refractivity (Wildman–Crippen MR) is 134 cm³/mol. The monoisotopic (exact) mass is 462 g/mol. The molecule has 0 bridgehead atoms. The Labute approximate surface area is 201 Å². The van der Waals surface area contributed by atoms with Crippen molar-refractivity contribution in [3.63, 3.8) is 0 Å². The van der Waals surface area contributed by atoms with Crippen LogP contribution in [0.2, 0.25) is 0 Å². The van der Waals surface area contributed by atoms with Crippen LogP contribution in [0.3, 0.4) is 0 Å². The molecule has 2 rings (SSSR count). The topological polar surface area (TPSA) is 61.8 Å². The van der Waals surface area contributed by atoms with Crippen molar-refractivity contribution in [1.82, 2.24) is 0 Å². The van der Waals surface area contributed by atoms with Gasteiger partial charge in [0.25, 0.3) is 0 Å². The summed E-state index contributed by atoms with van der Waals surface area (Å²) in [6, 6.07) is 6.74.